The molecule has 0 aromatic rings. The third kappa shape index (κ3) is 3.35. The molecule has 0 aromatic carbocycles. The largest absolute Gasteiger partial charge is 0.378 e. The van der Waals surface area contributed by atoms with Crippen LogP contribution in [0, 0.1) is 5.92 Å². The van der Waals surface area contributed by atoms with Gasteiger partial charge in [-0.15, -0.1) is 0 Å². The third-order valence-electron chi connectivity index (χ3n) is 2.48. The normalized spacial score (nSPS) is 30.1. The van der Waals surface area contributed by atoms with Crippen LogP contribution in [0.2, 0.25) is 0 Å². The van der Waals surface area contributed by atoms with Crippen LogP contribution in [0.4, 0.5) is 0 Å². The third-order valence-corrected chi connectivity index (χ3v) is 2.48. The molecular formula is C10H18O2. The van der Waals surface area contributed by atoms with Crippen molar-refractivity contribution < 1.29 is 9.53 Å². The van der Waals surface area contributed by atoms with Crippen LogP contribution in [0.25, 0.3) is 0 Å². The maximum atomic E-state index is 10.0. The Morgan fingerprint density at radius 1 is 1.50 bits per heavy atom. The van der Waals surface area contributed by atoms with E-state index < -0.39 is 0 Å². The molecule has 70 valence electrons. The lowest BCUT2D eigenvalue weighted by Gasteiger charge is -2.26. The van der Waals surface area contributed by atoms with Gasteiger partial charge in [-0.1, -0.05) is 19.8 Å². The van der Waals surface area contributed by atoms with E-state index in [0.29, 0.717) is 19.1 Å². The highest BCUT2D eigenvalue weighted by Gasteiger charge is 2.18. The molecule has 0 heterocycles. The summed E-state index contributed by atoms with van der Waals surface area (Å²) in [6.07, 6.45) is 6.88. The van der Waals surface area contributed by atoms with E-state index in [1.165, 1.54) is 25.7 Å². The smallest absolute Gasteiger partial charge is 0.122 e. The molecular weight excluding hydrogens is 152 g/mol. The molecule has 2 nitrogen and oxygen atoms in total. The minimum atomic E-state index is 0.425. The Balaban J connectivity index is 2.09. The van der Waals surface area contributed by atoms with Gasteiger partial charge >= 0.3 is 0 Å². The van der Waals surface area contributed by atoms with Crippen LogP contribution in [0.1, 0.15) is 39.0 Å². The number of ether oxygens (including phenoxy) is 1. The molecule has 0 radical (unpaired) electrons. The second-order valence-electron chi connectivity index (χ2n) is 3.72. The van der Waals surface area contributed by atoms with Gasteiger partial charge in [0.2, 0.25) is 0 Å². The number of rotatable bonds is 4. The lowest BCUT2D eigenvalue weighted by Crippen LogP contribution is -2.21. The first-order chi connectivity index (χ1) is 5.83. The highest BCUT2D eigenvalue weighted by atomic mass is 16.5. The topological polar surface area (TPSA) is 26.3 Å². The van der Waals surface area contributed by atoms with E-state index >= 15 is 0 Å². The minimum Gasteiger partial charge on any atom is -0.378 e. The highest BCUT2D eigenvalue weighted by Crippen LogP contribution is 2.25. The summed E-state index contributed by atoms with van der Waals surface area (Å²) in [7, 11) is 0. The molecule has 1 aliphatic carbocycles. The van der Waals surface area contributed by atoms with Crippen molar-refractivity contribution in [2.75, 3.05) is 6.61 Å². The molecule has 1 saturated carbocycles. The van der Waals surface area contributed by atoms with Crippen molar-refractivity contribution in [2.24, 2.45) is 5.92 Å². The second kappa shape index (κ2) is 5.31. The quantitative estimate of drug-likeness (QED) is 0.477. The predicted octanol–water partition coefficient (Wildman–Crippen LogP) is 2.17. The summed E-state index contributed by atoms with van der Waals surface area (Å²) in [6.45, 7) is 2.89. The monoisotopic (exact) mass is 170 g/mol. The van der Waals surface area contributed by atoms with Crippen molar-refractivity contribution in [3.8, 4) is 0 Å². The number of carbonyl (C=O) groups excluding carboxylic acids is 1. The van der Waals surface area contributed by atoms with Crippen LogP contribution in [0.3, 0.4) is 0 Å². The van der Waals surface area contributed by atoms with Gasteiger partial charge in [0.15, 0.2) is 0 Å². The van der Waals surface area contributed by atoms with Gasteiger partial charge in [-0.2, -0.15) is 0 Å². The lowest BCUT2D eigenvalue weighted by molar-refractivity contribution is -0.109. The fourth-order valence-corrected chi connectivity index (χ4v) is 1.81. The molecule has 0 amide bonds. The Labute approximate surface area is 74.3 Å². The zero-order valence-corrected chi connectivity index (χ0v) is 7.79. The van der Waals surface area contributed by atoms with Gasteiger partial charge in [0.05, 0.1) is 12.7 Å². The summed E-state index contributed by atoms with van der Waals surface area (Å²) in [4.78, 5) is 10.0. The average Bonchev–Trinajstić information content (AvgIpc) is 2.05. The fourth-order valence-electron chi connectivity index (χ4n) is 1.81. The molecule has 1 fully saturated rings. The molecule has 2 unspecified atom stereocenters. The van der Waals surface area contributed by atoms with E-state index in [1.54, 1.807) is 0 Å². The summed E-state index contributed by atoms with van der Waals surface area (Å²) in [5, 5.41) is 0. The van der Waals surface area contributed by atoms with Crippen molar-refractivity contribution in [2.45, 2.75) is 45.1 Å². The summed E-state index contributed by atoms with van der Waals surface area (Å²) >= 11 is 0. The maximum absolute atomic E-state index is 10.0. The Kier molecular flexibility index (Phi) is 4.30. The molecule has 0 bridgehead atoms. The maximum Gasteiger partial charge on any atom is 0.122 e. The Hall–Kier alpha value is -0.370. The summed E-state index contributed by atoms with van der Waals surface area (Å²) in [5.41, 5.74) is 0. The van der Waals surface area contributed by atoms with Crippen LogP contribution in [0.5, 0.6) is 0 Å². The van der Waals surface area contributed by atoms with Crippen LogP contribution in [-0.4, -0.2) is 19.0 Å². The van der Waals surface area contributed by atoms with Crippen LogP contribution < -0.4 is 0 Å². The first-order valence-electron chi connectivity index (χ1n) is 4.88. The summed E-state index contributed by atoms with van der Waals surface area (Å²) in [5.74, 6) is 0.806. The zero-order chi connectivity index (χ0) is 8.81. The van der Waals surface area contributed by atoms with Crippen LogP contribution in [-0.2, 0) is 9.53 Å². The molecule has 0 N–H and O–H groups in total. The molecule has 0 aromatic heterocycles. The van der Waals surface area contributed by atoms with Crippen molar-refractivity contribution >= 4 is 6.29 Å². The Morgan fingerprint density at radius 2 is 2.33 bits per heavy atom. The van der Waals surface area contributed by atoms with E-state index in [1.807, 2.05) is 0 Å². The van der Waals surface area contributed by atoms with E-state index in [2.05, 4.69) is 6.92 Å². The fraction of sp³-hybridized carbons (Fsp3) is 0.900. The Bertz CT molecular complexity index is 134. The number of hydrogen-bond acceptors (Lipinski definition) is 2. The Morgan fingerprint density at radius 3 is 3.00 bits per heavy atom. The van der Waals surface area contributed by atoms with E-state index in [-0.39, 0.29) is 0 Å². The van der Waals surface area contributed by atoms with Gasteiger partial charge in [-0.25, -0.2) is 0 Å². The SMILES string of the molecule is CC1CCCC(OCCC=O)C1. The second-order valence-corrected chi connectivity index (χ2v) is 3.72. The molecule has 0 aliphatic heterocycles. The predicted molar refractivity (Wildman–Crippen MR) is 48.1 cm³/mol. The number of carbonyl (C=O) groups is 1. The standard InChI is InChI=1S/C10H18O2/c1-9-4-2-5-10(8-9)12-7-3-6-11/h6,9-10H,2-5,7-8H2,1H3. The lowest BCUT2D eigenvalue weighted by atomic mass is 9.89. The van der Waals surface area contributed by atoms with Crippen molar-refractivity contribution in [1.29, 1.82) is 0 Å². The number of hydrogen-bond donors (Lipinski definition) is 0. The van der Waals surface area contributed by atoms with Crippen molar-refractivity contribution in [3.05, 3.63) is 0 Å². The molecule has 2 heteroatoms. The zero-order valence-electron chi connectivity index (χ0n) is 7.79. The average molecular weight is 170 g/mol. The molecule has 12 heavy (non-hydrogen) atoms. The van der Waals surface area contributed by atoms with E-state index in [4.69, 9.17) is 4.74 Å². The molecule has 0 saturated heterocycles. The van der Waals surface area contributed by atoms with Gasteiger partial charge < -0.3 is 9.53 Å². The first kappa shape index (κ1) is 9.72. The first-order valence-corrected chi connectivity index (χ1v) is 4.88. The van der Waals surface area contributed by atoms with Gasteiger partial charge in [0, 0.05) is 6.42 Å². The summed E-state index contributed by atoms with van der Waals surface area (Å²) < 4.78 is 5.56. The van der Waals surface area contributed by atoms with E-state index in [0.717, 1.165) is 12.2 Å². The van der Waals surface area contributed by atoms with Crippen molar-refractivity contribution in [1.82, 2.24) is 0 Å². The van der Waals surface area contributed by atoms with Crippen molar-refractivity contribution in [3.63, 3.8) is 0 Å². The van der Waals surface area contributed by atoms with E-state index in [9.17, 15) is 4.79 Å². The van der Waals surface area contributed by atoms with Gasteiger partial charge in [0.25, 0.3) is 0 Å². The van der Waals surface area contributed by atoms with Gasteiger partial charge in [-0.3, -0.25) is 0 Å². The number of aldehydes is 1. The van der Waals surface area contributed by atoms with Crippen LogP contribution in [0.15, 0.2) is 0 Å². The minimum absolute atomic E-state index is 0.425. The molecule has 1 rings (SSSR count). The molecule has 2 atom stereocenters. The summed E-state index contributed by atoms with van der Waals surface area (Å²) in [6, 6.07) is 0. The van der Waals surface area contributed by atoms with Crippen LogP contribution >= 0.6 is 0 Å². The van der Waals surface area contributed by atoms with Gasteiger partial charge in [0.1, 0.15) is 6.29 Å². The van der Waals surface area contributed by atoms with Gasteiger partial charge in [-0.05, 0) is 18.8 Å². The highest BCUT2D eigenvalue weighted by molar-refractivity contribution is 5.49. The molecule has 0 spiro atoms. The molecule has 1 aliphatic rings.